The van der Waals surface area contributed by atoms with Crippen LogP contribution in [0.2, 0.25) is 0 Å². The highest BCUT2D eigenvalue weighted by Crippen LogP contribution is 2.17. The second kappa shape index (κ2) is 7.68. The number of ether oxygens (including phenoxy) is 1. The molecule has 0 unspecified atom stereocenters. The van der Waals surface area contributed by atoms with Gasteiger partial charge in [0.1, 0.15) is 10.5 Å². The maximum Gasteiger partial charge on any atom is 0.433 e. The number of nitrogens with zero attached hydrogens (tertiary/aromatic N) is 1. The SMILES string of the molecule is CC(C)(C)OC(=O)NCc1ccc(NC(=O)c2ccc([N+](=O)[O-])o2)cc1. The van der Waals surface area contributed by atoms with Crippen LogP contribution in [0.5, 0.6) is 0 Å². The Kier molecular flexibility index (Phi) is 5.61. The first-order chi connectivity index (χ1) is 12.1. The molecule has 1 aromatic carbocycles. The first-order valence-corrected chi connectivity index (χ1v) is 7.75. The number of hydrogen-bond acceptors (Lipinski definition) is 6. The third-order valence-electron chi connectivity index (χ3n) is 3.04. The van der Waals surface area contributed by atoms with Crippen LogP contribution in [0.15, 0.2) is 40.8 Å². The van der Waals surface area contributed by atoms with Gasteiger partial charge < -0.3 is 19.8 Å². The molecule has 1 aromatic heterocycles. The van der Waals surface area contributed by atoms with Crippen molar-refractivity contribution in [1.82, 2.24) is 5.32 Å². The summed E-state index contributed by atoms with van der Waals surface area (Å²) in [5.41, 5.74) is 0.719. The second-order valence-electron chi connectivity index (χ2n) is 6.40. The number of carbonyl (C=O) groups excluding carboxylic acids is 2. The summed E-state index contributed by atoms with van der Waals surface area (Å²) in [7, 11) is 0. The summed E-state index contributed by atoms with van der Waals surface area (Å²) in [4.78, 5) is 33.4. The van der Waals surface area contributed by atoms with Gasteiger partial charge in [-0.3, -0.25) is 14.9 Å². The van der Waals surface area contributed by atoms with E-state index in [1.165, 1.54) is 6.07 Å². The molecule has 0 aliphatic carbocycles. The number of rotatable bonds is 5. The summed E-state index contributed by atoms with van der Waals surface area (Å²) in [5.74, 6) is -1.26. The van der Waals surface area contributed by atoms with Crippen molar-refractivity contribution >= 4 is 23.6 Å². The van der Waals surface area contributed by atoms with Gasteiger partial charge >= 0.3 is 12.0 Å². The van der Waals surface area contributed by atoms with Crippen molar-refractivity contribution in [3.05, 3.63) is 57.8 Å². The Balaban J connectivity index is 1.89. The zero-order valence-corrected chi connectivity index (χ0v) is 14.6. The molecule has 0 fully saturated rings. The Morgan fingerprint density at radius 3 is 2.35 bits per heavy atom. The molecule has 0 saturated carbocycles. The van der Waals surface area contributed by atoms with Crippen molar-refractivity contribution in [1.29, 1.82) is 0 Å². The molecule has 2 aromatic rings. The van der Waals surface area contributed by atoms with E-state index in [9.17, 15) is 19.7 Å². The van der Waals surface area contributed by atoms with Gasteiger partial charge in [0.25, 0.3) is 5.91 Å². The highest BCUT2D eigenvalue weighted by Gasteiger charge is 2.18. The van der Waals surface area contributed by atoms with E-state index >= 15 is 0 Å². The molecule has 0 bridgehead atoms. The number of anilines is 1. The van der Waals surface area contributed by atoms with Gasteiger partial charge in [0.05, 0.1) is 6.07 Å². The third kappa shape index (κ3) is 5.62. The standard InChI is InChI=1S/C17H19N3O6/c1-17(2,3)26-16(22)18-10-11-4-6-12(7-5-11)19-15(21)13-8-9-14(25-13)20(23)24/h4-9H,10H2,1-3H3,(H,18,22)(H,19,21). The van der Waals surface area contributed by atoms with Crippen LogP contribution >= 0.6 is 0 Å². The third-order valence-corrected chi connectivity index (χ3v) is 3.04. The molecular formula is C17H19N3O6. The minimum atomic E-state index is -0.719. The first-order valence-electron chi connectivity index (χ1n) is 7.75. The molecule has 138 valence electrons. The lowest BCUT2D eigenvalue weighted by atomic mass is 10.2. The van der Waals surface area contributed by atoms with Crippen LogP contribution in [0.3, 0.4) is 0 Å². The highest BCUT2D eigenvalue weighted by atomic mass is 16.6. The predicted octanol–water partition coefficient (Wildman–Crippen LogP) is 3.46. The lowest BCUT2D eigenvalue weighted by Crippen LogP contribution is -2.32. The molecule has 1 heterocycles. The van der Waals surface area contributed by atoms with E-state index < -0.39 is 28.4 Å². The van der Waals surface area contributed by atoms with E-state index in [1.54, 1.807) is 45.0 Å². The Morgan fingerprint density at radius 1 is 1.15 bits per heavy atom. The first kappa shape index (κ1) is 19.0. The number of benzene rings is 1. The van der Waals surface area contributed by atoms with Gasteiger partial charge in [-0.05, 0) is 44.5 Å². The zero-order chi connectivity index (χ0) is 19.3. The van der Waals surface area contributed by atoms with Gasteiger partial charge in [-0.2, -0.15) is 0 Å². The smallest absolute Gasteiger partial charge is 0.433 e. The highest BCUT2D eigenvalue weighted by molar-refractivity contribution is 6.02. The number of amides is 2. The molecule has 0 aliphatic rings. The molecule has 26 heavy (non-hydrogen) atoms. The number of alkyl carbamates (subject to hydrolysis) is 1. The average molecular weight is 361 g/mol. The van der Waals surface area contributed by atoms with Crippen LogP contribution in [0.4, 0.5) is 16.4 Å². The summed E-state index contributed by atoms with van der Waals surface area (Å²) in [5, 5.41) is 15.8. The Labute approximate surface area is 149 Å². The lowest BCUT2D eigenvalue weighted by Gasteiger charge is -2.19. The van der Waals surface area contributed by atoms with Crippen molar-refractivity contribution < 1.29 is 23.7 Å². The minimum Gasteiger partial charge on any atom is -0.444 e. The average Bonchev–Trinajstić information content (AvgIpc) is 3.03. The van der Waals surface area contributed by atoms with Crippen LogP contribution in [-0.4, -0.2) is 22.5 Å². The van der Waals surface area contributed by atoms with E-state index in [0.717, 1.165) is 11.6 Å². The number of nitro groups is 1. The minimum absolute atomic E-state index is 0.160. The topological polar surface area (TPSA) is 124 Å². The molecule has 9 heteroatoms. The zero-order valence-electron chi connectivity index (χ0n) is 14.6. The fourth-order valence-electron chi connectivity index (χ4n) is 1.93. The van der Waals surface area contributed by atoms with Crippen LogP contribution in [0.25, 0.3) is 0 Å². The lowest BCUT2D eigenvalue weighted by molar-refractivity contribution is -0.402. The fraction of sp³-hybridized carbons (Fsp3) is 0.294. The normalized spacial score (nSPS) is 10.9. The Hall–Kier alpha value is -3.36. The van der Waals surface area contributed by atoms with Gasteiger partial charge in [-0.25, -0.2) is 4.79 Å². The van der Waals surface area contributed by atoms with Crippen molar-refractivity contribution in [2.75, 3.05) is 5.32 Å². The maximum absolute atomic E-state index is 12.0. The largest absolute Gasteiger partial charge is 0.444 e. The van der Waals surface area contributed by atoms with Crippen LogP contribution in [0.1, 0.15) is 36.9 Å². The quantitative estimate of drug-likeness (QED) is 0.621. The number of carbonyl (C=O) groups is 2. The van der Waals surface area contributed by atoms with Crippen LogP contribution < -0.4 is 10.6 Å². The van der Waals surface area contributed by atoms with Crippen molar-refractivity contribution in [2.24, 2.45) is 0 Å². The summed E-state index contributed by atoms with van der Waals surface area (Å²) in [6.45, 7) is 5.60. The molecule has 0 aliphatic heterocycles. The monoisotopic (exact) mass is 361 g/mol. The number of nitrogens with one attached hydrogen (secondary N) is 2. The Bertz CT molecular complexity index is 805. The molecule has 0 spiro atoms. The molecule has 2 N–H and O–H groups in total. The molecule has 0 radical (unpaired) electrons. The van der Waals surface area contributed by atoms with Gasteiger partial charge in [0.2, 0.25) is 0 Å². The van der Waals surface area contributed by atoms with Crippen molar-refractivity contribution in [2.45, 2.75) is 32.9 Å². The molecule has 9 nitrogen and oxygen atoms in total. The van der Waals surface area contributed by atoms with E-state index in [1.807, 2.05) is 0 Å². The fourth-order valence-corrected chi connectivity index (χ4v) is 1.93. The van der Waals surface area contributed by atoms with Crippen LogP contribution in [-0.2, 0) is 11.3 Å². The van der Waals surface area contributed by atoms with Gasteiger partial charge in [-0.1, -0.05) is 12.1 Å². The number of hydrogen-bond donors (Lipinski definition) is 2. The number of furan rings is 1. The van der Waals surface area contributed by atoms with Crippen molar-refractivity contribution in [3.8, 4) is 0 Å². The Morgan fingerprint density at radius 2 is 1.81 bits per heavy atom. The molecule has 0 atom stereocenters. The van der Waals surface area contributed by atoms with E-state index in [-0.39, 0.29) is 12.3 Å². The molecular weight excluding hydrogens is 342 g/mol. The summed E-state index contributed by atoms with van der Waals surface area (Å²) in [6, 6.07) is 9.06. The summed E-state index contributed by atoms with van der Waals surface area (Å²) < 4.78 is 9.97. The second-order valence-corrected chi connectivity index (χ2v) is 6.40. The van der Waals surface area contributed by atoms with E-state index in [4.69, 9.17) is 9.15 Å². The summed E-state index contributed by atoms with van der Waals surface area (Å²) >= 11 is 0. The summed E-state index contributed by atoms with van der Waals surface area (Å²) in [6.07, 6.45) is -0.519. The maximum atomic E-state index is 12.0. The van der Waals surface area contributed by atoms with E-state index in [2.05, 4.69) is 10.6 Å². The van der Waals surface area contributed by atoms with Gasteiger partial charge in [-0.15, -0.1) is 0 Å². The molecule has 2 amide bonds. The van der Waals surface area contributed by atoms with Crippen molar-refractivity contribution in [3.63, 3.8) is 0 Å². The molecule has 2 rings (SSSR count). The van der Waals surface area contributed by atoms with Gasteiger partial charge in [0.15, 0.2) is 5.76 Å². The molecule has 0 saturated heterocycles. The van der Waals surface area contributed by atoms with Crippen LogP contribution in [0, 0.1) is 10.1 Å². The van der Waals surface area contributed by atoms with Gasteiger partial charge in [0, 0.05) is 12.2 Å². The predicted molar refractivity (Wildman–Crippen MR) is 92.8 cm³/mol. The van der Waals surface area contributed by atoms with E-state index in [0.29, 0.717) is 5.69 Å².